The van der Waals surface area contributed by atoms with E-state index in [0.29, 0.717) is 11.6 Å². The lowest BCUT2D eigenvalue weighted by Crippen LogP contribution is -2.41. The lowest BCUT2D eigenvalue weighted by Gasteiger charge is -2.27. The van der Waals surface area contributed by atoms with E-state index in [1.165, 1.54) is 16.2 Å². The molecule has 2 aliphatic rings. The number of rotatable bonds is 6. The van der Waals surface area contributed by atoms with Crippen LogP contribution in [0, 0.1) is 6.92 Å². The fraction of sp³-hybridized carbons (Fsp3) is 0.393. The Morgan fingerprint density at radius 1 is 1.19 bits per heavy atom. The Hall–Kier alpha value is -2.78. The highest BCUT2D eigenvalue weighted by atomic mass is 35.5. The van der Waals surface area contributed by atoms with Crippen LogP contribution >= 0.6 is 22.9 Å². The Morgan fingerprint density at radius 2 is 2.05 bits per heavy atom. The minimum Gasteiger partial charge on any atom is -0.375 e. The highest BCUT2D eigenvalue weighted by Crippen LogP contribution is 2.38. The van der Waals surface area contributed by atoms with Crippen LogP contribution in [0.5, 0.6) is 0 Å². The van der Waals surface area contributed by atoms with Crippen molar-refractivity contribution in [2.75, 3.05) is 19.7 Å². The number of halogens is 1. The minimum absolute atomic E-state index is 0.103. The van der Waals surface area contributed by atoms with Crippen LogP contribution in [0.15, 0.2) is 52.3 Å². The van der Waals surface area contributed by atoms with Crippen molar-refractivity contribution >= 4 is 33.2 Å². The van der Waals surface area contributed by atoms with Gasteiger partial charge in [-0.25, -0.2) is 4.79 Å². The van der Waals surface area contributed by atoms with E-state index < -0.39 is 0 Å². The summed E-state index contributed by atoms with van der Waals surface area (Å²) in [5.41, 5.74) is 4.80. The average Bonchev–Trinajstić information content (AvgIpc) is 3.27. The molecule has 1 aliphatic heterocycles. The van der Waals surface area contributed by atoms with Gasteiger partial charge in [-0.05, 0) is 67.1 Å². The molecule has 7 nitrogen and oxygen atoms in total. The number of aromatic nitrogens is 3. The molecule has 1 aromatic carbocycles. The first-order valence-corrected chi connectivity index (χ1v) is 14.0. The molecule has 3 aromatic heterocycles. The zero-order valence-electron chi connectivity index (χ0n) is 20.7. The van der Waals surface area contributed by atoms with E-state index in [1.54, 1.807) is 22.1 Å². The molecule has 4 aromatic rings. The summed E-state index contributed by atoms with van der Waals surface area (Å²) in [7, 11) is 0. The molecule has 0 spiro atoms. The van der Waals surface area contributed by atoms with Gasteiger partial charge >= 0.3 is 5.69 Å². The first-order valence-electron chi connectivity index (χ1n) is 12.8. The van der Waals surface area contributed by atoms with Crippen LogP contribution in [0.25, 0.3) is 21.3 Å². The van der Waals surface area contributed by atoms with Crippen molar-refractivity contribution in [2.24, 2.45) is 0 Å². The number of nitrogens with one attached hydrogen (secondary N) is 1. The lowest BCUT2D eigenvalue weighted by molar-refractivity contribution is 0.0292. The highest BCUT2D eigenvalue weighted by molar-refractivity contribution is 7.19. The third-order valence-corrected chi connectivity index (χ3v) is 8.87. The molecule has 4 heterocycles. The maximum Gasteiger partial charge on any atom is 0.331 e. The van der Waals surface area contributed by atoms with Gasteiger partial charge in [0, 0.05) is 59.5 Å². The molecule has 0 amide bonds. The van der Waals surface area contributed by atoms with E-state index in [-0.39, 0.29) is 29.9 Å². The number of fused-ring (bicyclic) bond motifs is 1. The fourth-order valence-electron chi connectivity index (χ4n) is 5.32. The van der Waals surface area contributed by atoms with E-state index in [1.807, 2.05) is 30.5 Å². The van der Waals surface area contributed by atoms with Gasteiger partial charge in [0.15, 0.2) is 0 Å². The van der Waals surface area contributed by atoms with Gasteiger partial charge in [0.05, 0.1) is 29.5 Å². The first kappa shape index (κ1) is 24.6. The number of benzene rings is 1. The fourth-order valence-corrected chi connectivity index (χ4v) is 6.72. The highest BCUT2D eigenvalue weighted by Gasteiger charge is 2.23. The minimum atomic E-state index is -0.278. The molecule has 192 valence electrons. The van der Waals surface area contributed by atoms with Gasteiger partial charge in [-0.1, -0.05) is 11.6 Å². The number of hydrogen-bond acceptors (Lipinski definition) is 6. The summed E-state index contributed by atoms with van der Waals surface area (Å²) in [6.07, 6.45) is 7.43. The molecular weight excluding hydrogens is 508 g/mol. The number of nitrogens with zero attached hydrogens (tertiary/aromatic N) is 3. The molecule has 1 aliphatic carbocycles. The van der Waals surface area contributed by atoms with E-state index in [9.17, 15) is 9.59 Å². The molecule has 6 rings (SSSR count). The number of ether oxygens (including phenoxy) is 1. The zero-order valence-corrected chi connectivity index (χ0v) is 22.3. The van der Waals surface area contributed by atoms with Gasteiger partial charge in [0.1, 0.15) is 0 Å². The summed E-state index contributed by atoms with van der Waals surface area (Å²) in [5, 5.41) is 4.10. The largest absolute Gasteiger partial charge is 0.375 e. The van der Waals surface area contributed by atoms with Crippen LogP contribution in [0.2, 0.25) is 5.02 Å². The van der Waals surface area contributed by atoms with Crippen LogP contribution in [0.1, 0.15) is 41.3 Å². The third kappa shape index (κ3) is 4.79. The summed E-state index contributed by atoms with van der Waals surface area (Å²) in [5.74, 6) is 0. The maximum atomic E-state index is 13.1. The molecule has 1 N–H and O–H groups in total. The summed E-state index contributed by atoms with van der Waals surface area (Å²) in [6.45, 7) is 4.73. The number of pyridine rings is 1. The second kappa shape index (κ2) is 10.2. The standard InChI is InChI=1S/C28H29ClN4O3S/c1-17-11-18(29)12-24(23(17)13-20-15-30-8-10-36-20)22-5-7-31-25-14-21(37-27(22)25)16-33-26(34)6-9-32(28(33)35)19-3-2-4-19/h5-7,9,11-12,14,19-20,30H,2-4,8,10,13,15-16H2,1H3. The predicted molar refractivity (Wildman–Crippen MR) is 148 cm³/mol. The summed E-state index contributed by atoms with van der Waals surface area (Å²) < 4.78 is 10.1. The smallest absolute Gasteiger partial charge is 0.331 e. The molecule has 37 heavy (non-hydrogen) atoms. The van der Waals surface area contributed by atoms with Gasteiger partial charge in [-0.2, -0.15) is 0 Å². The monoisotopic (exact) mass is 536 g/mol. The Labute approximate surface area is 223 Å². The van der Waals surface area contributed by atoms with Crippen molar-refractivity contribution in [1.82, 2.24) is 19.4 Å². The Morgan fingerprint density at radius 3 is 2.81 bits per heavy atom. The topological polar surface area (TPSA) is 78.2 Å². The number of hydrogen-bond donors (Lipinski definition) is 1. The molecule has 2 fully saturated rings. The van der Waals surface area contributed by atoms with Gasteiger partial charge in [0.2, 0.25) is 0 Å². The molecule has 9 heteroatoms. The SMILES string of the molecule is Cc1cc(Cl)cc(-c2ccnc3cc(Cn4c(=O)ccn(C5CCC5)c4=O)sc23)c1CC1CNCCO1. The van der Waals surface area contributed by atoms with Gasteiger partial charge in [-0.3, -0.25) is 18.9 Å². The summed E-state index contributed by atoms with van der Waals surface area (Å²) >= 11 is 8.11. The van der Waals surface area contributed by atoms with E-state index >= 15 is 0 Å². The van der Waals surface area contributed by atoms with Crippen molar-refractivity contribution in [2.45, 2.75) is 51.3 Å². The Kier molecular flexibility index (Phi) is 6.75. The number of aryl methyl sites for hydroxylation is 1. The van der Waals surface area contributed by atoms with Crippen molar-refractivity contribution in [3.8, 4) is 11.1 Å². The zero-order chi connectivity index (χ0) is 25.5. The Balaban J connectivity index is 1.40. The van der Waals surface area contributed by atoms with Crippen LogP contribution < -0.4 is 16.6 Å². The molecule has 1 unspecified atom stereocenters. The third-order valence-electron chi connectivity index (χ3n) is 7.50. The molecule has 1 saturated heterocycles. The van der Waals surface area contributed by atoms with Crippen molar-refractivity contribution in [3.63, 3.8) is 0 Å². The second-order valence-corrected chi connectivity index (χ2v) is 11.5. The quantitative estimate of drug-likeness (QED) is 0.391. The number of morpholine rings is 1. The molecule has 0 radical (unpaired) electrons. The number of thiophene rings is 1. The molecule has 1 atom stereocenters. The first-order chi connectivity index (χ1) is 18.0. The van der Waals surface area contributed by atoms with Crippen molar-refractivity contribution < 1.29 is 4.74 Å². The molecular formula is C28H29ClN4O3S. The van der Waals surface area contributed by atoms with E-state index in [2.05, 4.69) is 17.2 Å². The van der Waals surface area contributed by atoms with Gasteiger partial charge < -0.3 is 10.1 Å². The lowest BCUT2D eigenvalue weighted by atomic mass is 9.92. The van der Waals surface area contributed by atoms with Crippen LogP contribution in [0.4, 0.5) is 0 Å². The summed E-state index contributed by atoms with van der Waals surface area (Å²) in [6, 6.07) is 9.73. The van der Waals surface area contributed by atoms with Crippen LogP contribution in [-0.4, -0.2) is 39.9 Å². The summed E-state index contributed by atoms with van der Waals surface area (Å²) in [4.78, 5) is 31.3. The average molecular weight is 537 g/mol. The van der Waals surface area contributed by atoms with E-state index in [0.717, 1.165) is 70.6 Å². The Bertz CT molecular complexity index is 1580. The molecule has 0 bridgehead atoms. The van der Waals surface area contributed by atoms with Crippen LogP contribution in [0.3, 0.4) is 0 Å². The van der Waals surface area contributed by atoms with Gasteiger partial charge in [-0.15, -0.1) is 11.3 Å². The van der Waals surface area contributed by atoms with E-state index in [4.69, 9.17) is 16.3 Å². The molecule has 1 saturated carbocycles. The second-order valence-electron chi connectivity index (χ2n) is 9.95. The maximum absolute atomic E-state index is 13.1. The van der Waals surface area contributed by atoms with Crippen molar-refractivity contribution in [1.29, 1.82) is 0 Å². The van der Waals surface area contributed by atoms with Crippen LogP contribution in [-0.2, 0) is 17.7 Å². The normalized spacial score (nSPS) is 18.3. The van der Waals surface area contributed by atoms with Crippen molar-refractivity contribution in [3.05, 3.63) is 84.6 Å². The predicted octanol–water partition coefficient (Wildman–Crippen LogP) is 4.55. The van der Waals surface area contributed by atoms with Gasteiger partial charge in [0.25, 0.3) is 5.56 Å².